The molecule has 0 saturated heterocycles. The first kappa shape index (κ1) is 27.0. The summed E-state index contributed by atoms with van der Waals surface area (Å²) in [5, 5.41) is 20.4. The monoisotopic (exact) mass is 506 g/mol. The quantitative estimate of drug-likeness (QED) is 0.318. The third kappa shape index (κ3) is 5.17. The number of rotatable bonds is 9. The number of benzene rings is 2. The van der Waals surface area contributed by atoms with Crippen LogP contribution in [0.25, 0.3) is 11.1 Å². The molecule has 2 aromatic rings. The normalized spacial score (nSPS) is 28.5. The van der Waals surface area contributed by atoms with Crippen LogP contribution in [0.5, 0.6) is 0 Å². The fraction of sp³-hybridized carbons (Fsp3) is 0.611. The molecule has 0 heterocycles. The van der Waals surface area contributed by atoms with Gasteiger partial charge in [-0.2, -0.15) is 10.5 Å². The van der Waals surface area contributed by atoms with Gasteiger partial charge in [0.2, 0.25) is 0 Å². The molecule has 0 amide bonds. The van der Waals surface area contributed by atoms with Gasteiger partial charge in [-0.25, -0.2) is 0 Å². The van der Waals surface area contributed by atoms with Crippen molar-refractivity contribution < 1.29 is 0 Å². The Labute approximate surface area is 231 Å². The highest BCUT2D eigenvalue weighted by Gasteiger charge is 2.48. The number of nitrogens with zero attached hydrogens (tertiary/aromatic N) is 2. The highest BCUT2D eigenvalue weighted by atomic mass is 14.5. The summed E-state index contributed by atoms with van der Waals surface area (Å²) < 4.78 is 0. The number of fused-ring (bicyclic) bond motifs is 3. The van der Waals surface area contributed by atoms with E-state index in [1.807, 2.05) is 0 Å². The SMILES string of the molecule is CCCCCC1CCC(c2ccc(-c3ccc(C45CCC(CCC)(CC4)CC5)cc3)c(C#N)c2C#N)CC1. The van der Waals surface area contributed by atoms with Gasteiger partial charge in [0, 0.05) is 5.56 Å². The zero-order valence-electron chi connectivity index (χ0n) is 23.8. The lowest BCUT2D eigenvalue weighted by molar-refractivity contribution is 0.0320. The minimum Gasteiger partial charge on any atom is -0.192 e. The molecular weight excluding hydrogens is 460 g/mol. The van der Waals surface area contributed by atoms with Gasteiger partial charge in [0.1, 0.15) is 12.1 Å². The van der Waals surface area contributed by atoms with Crippen molar-refractivity contribution in [2.45, 2.75) is 128 Å². The molecule has 6 rings (SSSR count). The van der Waals surface area contributed by atoms with Crippen LogP contribution >= 0.6 is 0 Å². The van der Waals surface area contributed by atoms with E-state index in [0.717, 1.165) is 35.4 Å². The molecule has 200 valence electrons. The van der Waals surface area contributed by atoms with E-state index in [-0.39, 0.29) is 0 Å². The highest BCUT2D eigenvalue weighted by molar-refractivity contribution is 5.75. The zero-order chi connectivity index (χ0) is 26.6. The maximum Gasteiger partial charge on any atom is 0.101 e. The summed E-state index contributed by atoms with van der Waals surface area (Å²) in [6.07, 6.45) is 21.0. The second-order valence-corrected chi connectivity index (χ2v) is 13.0. The van der Waals surface area contributed by atoms with Crippen LogP contribution in [0.3, 0.4) is 0 Å². The maximum absolute atomic E-state index is 10.2. The highest BCUT2D eigenvalue weighted by Crippen LogP contribution is 2.59. The molecule has 0 aliphatic heterocycles. The first-order chi connectivity index (χ1) is 18.6. The van der Waals surface area contributed by atoms with Gasteiger partial charge in [-0.3, -0.25) is 0 Å². The molecule has 2 heteroatoms. The van der Waals surface area contributed by atoms with Crippen molar-refractivity contribution in [2.75, 3.05) is 0 Å². The molecule has 4 fully saturated rings. The van der Waals surface area contributed by atoms with Crippen molar-refractivity contribution in [3.63, 3.8) is 0 Å². The Morgan fingerprint density at radius 3 is 1.97 bits per heavy atom. The van der Waals surface area contributed by atoms with Crippen molar-refractivity contribution in [3.8, 4) is 23.3 Å². The topological polar surface area (TPSA) is 47.6 Å². The average Bonchev–Trinajstić information content (AvgIpc) is 2.98. The van der Waals surface area contributed by atoms with Gasteiger partial charge in [-0.15, -0.1) is 0 Å². The molecule has 4 aliphatic rings. The van der Waals surface area contributed by atoms with Crippen molar-refractivity contribution in [2.24, 2.45) is 11.3 Å². The Hall–Kier alpha value is -2.58. The lowest BCUT2D eigenvalue weighted by atomic mass is 9.51. The van der Waals surface area contributed by atoms with Gasteiger partial charge in [0.05, 0.1) is 11.1 Å². The lowest BCUT2D eigenvalue weighted by Gasteiger charge is -2.54. The molecule has 4 saturated carbocycles. The Kier molecular flexibility index (Phi) is 8.29. The van der Waals surface area contributed by atoms with E-state index in [9.17, 15) is 10.5 Å². The summed E-state index contributed by atoms with van der Waals surface area (Å²) >= 11 is 0. The number of hydrogen-bond donors (Lipinski definition) is 0. The minimum absolute atomic E-state index is 0.350. The number of nitriles is 2. The summed E-state index contributed by atoms with van der Waals surface area (Å²) in [6, 6.07) is 18.3. The number of hydrogen-bond acceptors (Lipinski definition) is 2. The first-order valence-corrected chi connectivity index (χ1v) is 15.6. The van der Waals surface area contributed by atoms with Gasteiger partial charge in [0.25, 0.3) is 0 Å². The van der Waals surface area contributed by atoms with E-state index in [0.29, 0.717) is 27.9 Å². The molecule has 0 spiro atoms. The lowest BCUT2D eigenvalue weighted by Crippen LogP contribution is -2.44. The second-order valence-electron chi connectivity index (χ2n) is 13.0. The first-order valence-electron chi connectivity index (χ1n) is 15.6. The predicted molar refractivity (Wildman–Crippen MR) is 157 cm³/mol. The van der Waals surface area contributed by atoms with E-state index in [1.54, 1.807) is 0 Å². The maximum atomic E-state index is 10.2. The standard InChI is InChI=1S/C36H46N2/c1-3-5-6-7-27-8-10-28(11-9-27)31-16-17-32(34(26-38)33(31)25-37)29-12-14-30(15-13-29)36-22-19-35(18-4-2,20-23-36)21-24-36/h12-17,27-28H,3-11,18-24H2,1-2H3. The molecule has 4 aliphatic carbocycles. The van der Waals surface area contributed by atoms with Crippen LogP contribution in [0.15, 0.2) is 36.4 Å². The molecule has 2 nitrogen and oxygen atoms in total. The van der Waals surface area contributed by atoms with Crippen molar-refractivity contribution >= 4 is 0 Å². The molecule has 2 aromatic carbocycles. The summed E-state index contributed by atoms with van der Waals surface area (Å²) in [6.45, 7) is 4.61. The van der Waals surface area contributed by atoms with Crippen LogP contribution in [0.2, 0.25) is 0 Å². The van der Waals surface area contributed by atoms with Gasteiger partial charge in [-0.05, 0) is 110 Å². The van der Waals surface area contributed by atoms with E-state index in [1.165, 1.54) is 95.5 Å². The Morgan fingerprint density at radius 2 is 1.39 bits per heavy atom. The molecule has 0 unspecified atom stereocenters. The summed E-state index contributed by atoms with van der Waals surface area (Å²) in [5.41, 5.74) is 6.74. The molecular formula is C36H46N2. The summed E-state index contributed by atoms with van der Waals surface area (Å²) in [5.74, 6) is 1.25. The Balaban J connectivity index is 1.33. The van der Waals surface area contributed by atoms with E-state index >= 15 is 0 Å². The molecule has 0 N–H and O–H groups in total. The van der Waals surface area contributed by atoms with Crippen LogP contribution in [0.1, 0.15) is 145 Å². The molecule has 0 aromatic heterocycles. The Morgan fingerprint density at radius 1 is 0.737 bits per heavy atom. The molecule has 0 atom stereocenters. The fourth-order valence-corrected chi connectivity index (χ4v) is 8.49. The summed E-state index contributed by atoms with van der Waals surface area (Å²) in [4.78, 5) is 0. The fourth-order valence-electron chi connectivity index (χ4n) is 8.49. The minimum atomic E-state index is 0.350. The van der Waals surface area contributed by atoms with Gasteiger partial charge in [0.15, 0.2) is 0 Å². The molecule has 0 radical (unpaired) electrons. The van der Waals surface area contributed by atoms with Gasteiger partial charge in [-0.1, -0.05) is 82.3 Å². The van der Waals surface area contributed by atoms with Gasteiger partial charge < -0.3 is 0 Å². The largest absolute Gasteiger partial charge is 0.192 e. The molecule has 38 heavy (non-hydrogen) atoms. The third-order valence-electron chi connectivity index (χ3n) is 11.0. The zero-order valence-corrected chi connectivity index (χ0v) is 23.8. The van der Waals surface area contributed by atoms with Crippen LogP contribution in [-0.4, -0.2) is 0 Å². The van der Waals surface area contributed by atoms with Crippen LogP contribution in [-0.2, 0) is 5.41 Å². The summed E-state index contributed by atoms with van der Waals surface area (Å²) in [7, 11) is 0. The van der Waals surface area contributed by atoms with E-state index in [2.05, 4.69) is 62.4 Å². The smallest absolute Gasteiger partial charge is 0.101 e. The predicted octanol–water partition coefficient (Wildman–Crippen LogP) is 10.3. The van der Waals surface area contributed by atoms with Crippen molar-refractivity contribution in [3.05, 3.63) is 58.7 Å². The third-order valence-corrected chi connectivity index (χ3v) is 11.0. The van der Waals surface area contributed by atoms with Crippen LogP contribution in [0, 0.1) is 34.0 Å². The van der Waals surface area contributed by atoms with Crippen molar-refractivity contribution in [1.82, 2.24) is 0 Å². The average molecular weight is 507 g/mol. The number of unbranched alkanes of at least 4 members (excludes halogenated alkanes) is 2. The second kappa shape index (κ2) is 11.7. The molecule has 2 bridgehead atoms. The Bertz CT molecular complexity index is 1160. The van der Waals surface area contributed by atoms with Crippen LogP contribution in [0.4, 0.5) is 0 Å². The van der Waals surface area contributed by atoms with E-state index < -0.39 is 0 Å². The van der Waals surface area contributed by atoms with Crippen LogP contribution < -0.4 is 0 Å². The van der Waals surface area contributed by atoms with Crippen molar-refractivity contribution in [1.29, 1.82) is 10.5 Å². The van der Waals surface area contributed by atoms with E-state index in [4.69, 9.17) is 0 Å². The van der Waals surface area contributed by atoms with Gasteiger partial charge >= 0.3 is 0 Å².